The maximum Gasteiger partial charge on any atom is 0.274 e. The Morgan fingerprint density at radius 1 is 0.958 bits per heavy atom. The smallest absolute Gasteiger partial charge is 0.274 e. The molecule has 1 saturated carbocycles. The number of aromatic nitrogens is 1. The van der Waals surface area contributed by atoms with E-state index < -0.39 is 0 Å². The Balaban J connectivity index is 1.59. The lowest BCUT2D eigenvalue weighted by molar-refractivity contribution is 0.0954. The Morgan fingerprint density at radius 2 is 1.71 bits per heavy atom. The number of rotatable bonds is 4. The number of anilines is 1. The van der Waals surface area contributed by atoms with Gasteiger partial charge in [0, 0.05) is 23.2 Å². The topological polar surface area (TPSA) is 83.5 Å². The largest absolute Gasteiger partial charge is 0.321 e. The van der Waals surface area contributed by atoms with Gasteiger partial charge in [-0.25, -0.2) is 5.43 Å². The van der Waals surface area contributed by atoms with Gasteiger partial charge in [-0.2, -0.15) is 5.10 Å². The zero-order chi connectivity index (χ0) is 16.8. The molecule has 1 aromatic heterocycles. The van der Waals surface area contributed by atoms with Crippen molar-refractivity contribution in [1.29, 1.82) is 0 Å². The average Bonchev–Trinajstić information content (AvgIpc) is 3.14. The first-order valence-corrected chi connectivity index (χ1v) is 7.90. The van der Waals surface area contributed by atoms with E-state index in [2.05, 4.69) is 20.8 Å². The second kappa shape index (κ2) is 7.50. The SMILES string of the molecule is O=C(NN=C1CCCC1)c1ccc(NC(=O)c2ccccn2)cc1. The molecule has 2 amide bonds. The Kier molecular flexibility index (Phi) is 4.96. The molecule has 3 rings (SSSR count). The number of benzene rings is 1. The number of carbonyl (C=O) groups excluding carboxylic acids is 2. The van der Waals surface area contributed by atoms with Crippen LogP contribution in [0, 0.1) is 0 Å². The number of carbonyl (C=O) groups is 2. The van der Waals surface area contributed by atoms with Crippen molar-refractivity contribution < 1.29 is 9.59 Å². The van der Waals surface area contributed by atoms with Crippen molar-refractivity contribution in [1.82, 2.24) is 10.4 Å². The van der Waals surface area contributed by atoms with Crippen molar-refractivity contribution in [2.45, 2.75) is 25.7 Å². The molecule has 6 heteroatoms. The molecule has 0 unspecified atom stereocenters. The third-order valence-corrected chi connectivity index (χ3v) is 3.80. The summed E-state index contributed by atoms with van der Waals surface area (Å²) in [5, 5.41) is 6.89. The van der Waals surface area contributed by atoms with Gasteiger partial charge < -0.3 is 5.32 Å². The molecule has 2 aromatic rings. The maximum atomic E-state index is 12.0. The zero-order valence-electron chi connectivity index (χ0n) is 13.2. The minimum absolute atomic E-state index is 0.253. The molecular weight excluding hydrogens is 304 g/mol. The van der Waals surface area contributed by atoms with Crippen LogP contribution >= 0.6 is 0 Å². The van der Waals surface area contributed by atoms with Crippen molar-refractivity contribution in [3.05, 3.63) is 59.9 Å². The van der Waals surface area contributed by atoms with E-state index in [-0.39, 0.29) is 11.8 Å². The first kappa shape index (κ1) is 15.9. The van der Waals surface area contributed by atoms with Crippen molar-refractivity contribution in [2.75, 3.05) is 5.32 Å². The van der Waals surface area contributed by atoms with Gasteiger partial charge in [-0.15, -0.1) is 0 Å². The Morgan fingerprint density at radius 3 is 2.38 bits per heavy atom. The van der Waals surface area contributed by atoms with Crippen LogP contribution in [0.1, 0.15) is 46.5 Å². The molecule has 0 bridgehead atoms. The van der Waals surface area contributed by atoms with Gasteiger partial charge in [0.05, 0.1) is 0 Å². The van der Waals surface area contributed by atoms with E-state index >= 15 is 0 Å². The lowest BCUT2D eigenvalue weighted by atomic mass is 10.2. The fourth-order valence-corrected chi connectivity index (χ4v) is 2.49. The number of nitrogens with one attached hydrogen (secondary N) is 2. The van der Waals surface area contributed by atoms with E-state index in [1.807, 2.05) is 0 Å². The number of amides is 2. The minimum Gasteiger partial charge on any atom is -0.321 e. The number of hydrazone groups is 1. The summed E-state index contributed by atoms with van der Waals surface area (Å²) in [6.45, 7) is 0. The molecule has 0 atom stereocenters. The summed E-state index contributed by atoms with van der Waals surface area (Å²) in [5.74, 6) is -0.544. The quantitative estimate of drug-likeness (QED) is 0.849. The monoisotopic (exact) mass is 322 g/mol. The lowest BCUT2D eigenvalue weighted by Crippen LogP contribution is -2.19. The second-order valence-electron chi connectivity index (χ2n) is 5.57. The van der Waals surface area contributed by atoms with E-state index in [1.54, 1.807) is 48.7 Å². The van der Waals surface area contributed by atoms with Gasteiger partial charge in [0.1, 0.15) is 5.69 Å². The Bertz CT molecular complexity index is 746. The molecule has 6 nitrogen and oxygen atoms in total. The summed E-state index contributed by atoms with van der Waals surface area (Å²) in [6.07, 6.45) is 5.75. The zero-order valence-corrected chi connectivity index (χ0v) is 13.2. The van der Waals surface area contributed by atoms with Crippen LogP contribution in [0.3, 0.4) is 0 Å². The minimum atomic E-state index is -0.291. The normalized spacial score (nSPS) is 13.4. The standard InChI is InChI=1S/C18H18N4O2/c23-17(22-21-15-5-1-2-6-15)13-8-10-14(11-9-13)20-18(24)16-7-3-4-12-19-16/h3-4,7-12H,1-2,5-6H2,(H,20,24)(H,22,23). The van der Waals surface area contributed by atoms with Crippen molar-refractivity contribution >= 4 is 23.2 Å². The van der Waals surface area contributed by atoms with Crippen LogP contribution in [-0.2, 0) is 0 Å². The molecule has 1 fully saturated rings. The van der Waals surface area contributed by atoms with Crippen molar-refractivity contribution in [3.63, 3.8) is 0 Å². The number of pyridine rings is 1. The van der Waals surface area contributed by atoms with Crippen LogP contribution in [-0.4, -0.2) is 22.5 Å². The van der Waals surface area contributed by atoms with Crippen LogP contribution < -0.4 is 10.7 Å². The fraction of sp³-hybridized carbons (Fsp3) is 0.222. The molecule has 122 valence electrons. The average molecular weight is 322 g/mol. The van der Waals surface area contributed by atoms with E-state index in [0.29, 0.717) is 16.9 Å². The third kappa shape index (κ3) is 4.04. The Labute approximate surface area is 140 Å². The van der Waals surface area contributed by atoms with Crippen LogP contribution in [0.25, 0.3) is 0 Å². The van der Waals surface area contributed by atoms with Crippen LogP contribution in [0.15, 0.2) is 53.8 Å². The molecule has 0 aliphatic heterocycles. The summed E-state index contributed by atoms with van der Waals surface area (Å²) in [7, 11) is 0. The van der Waals surface area contributed by atoms with Crippen LogP contribution in [0.2, 0.25) is 0 Å². The molecule has 1 aliphatic carbocycles. The number of hydrogen-bond donors (Lipinski definition) is 2. The predicted molar refractivity (Wildman–Crippen MR) is 92.0 cm³/mol. The summed E-state index contributed by atoms with van der Waals surface area (Å²) >= 11 is 0. The first-order chi connectivity index (χ1) is 11.7. The van der Waals surface area contributed by atoms with E-state index in [9.17, 15) is 9.59 Å². The van der Waals surface area contributed by atoms with Gasteiger partial charge in [-0.05, 0) is 62.1 Å². The van der Waals surface area contributed by atoms with Gasteiger partial charge in [0.2, 0.25) is 0 Å². The molecule has 1 aliphatic rings. The number of hydrogen-bond acceptors (Lipinski definition) is 4. The van der Waals surface area contributed by atoms with Crippen LogP contribution in [0.4, 0.5) is 5.69 Å². The van der Waals surface area contributed by atoms with E-state index in [0.717, 1.165) is 31.4 Å². The van der Waals surface area contributed by atoms with Gasteiger partial charge in [-0.3, -0.25) is 14.6 Å². The van der Waals surface area contributed by atoms with Crippen molar-refractivity contribution in [3.8, 4) is 0 Å². The molecule has 0 radical (unpaired) electrons. The highest BCUT2D eigenvalue weighted by atomic mass is 16.2. The molecule has 0 saturated heterocycles. The Hall–Kier alpha value is -3.02. The van der Waals surface area contributed by atoms with Gasteiger partial charge in [-0.1, -0.05) is 6.07 Å². The highest BCUT2D eigenvalue weighted by Gasteiger charge is 2.11. The van der Waals surface area contributed by atoms with E-state index in [4.69, 9.17) is 0 Å². The van der Waals surface area contributed by atoms with Crippen molar-refractivity contribution in [2.24, 2.45) is 5.10 Å². The maximum absolute atomic E-state index is 12.0. The van der Waals surface area contributed by atoms with Gasteiger partial charge in [0.25, 0.3) is 11.8 Å². The van der Waals surface area contributed by atoms with Gasteiger partial charge >= 0.3 is 0 Å². The fourth-order valence-electron chi connectivity index (χ4n) is 2.49. The highest BCUT2D eigenvalue weighted by molar-refractivity contribution is 6.03. The molecule has 2 N–H and O–H groups in total. The molecule has 1 heterocycles. The molecule has 24 heavy (non-hydrogen) atoms. The second-order valence-corrected chi connectivity index (χ2v) is 5.57. The number of nitrogens with zero attached hydrogens (tertiary/aromatic N) is 2. The summed E-state index contributed by atoms with van der Waals surface area (Å²) < 4.78 is 0. The summed E-state index contributed by atoms with van der Waals surface area (Å²) in [4.78, 5) is 28.0. The summed E-state index contributed by atoms with van der Waals surface area (Å²) in [6, 6.07) is 11.8. The predicted octanol–water partition coefficient (Wildman–Crippen LogP) is 2.99. The molecule has 1 aromatic carbocycles. The third-order valence-electron chi connectivity index (χ3n) is 3.80. The summed E-state index contributed by atoms with van der Waals surface area (Å²) in [5.41, 5.74) is 5.06. The first-order valence-electron chi connectivity index (χ1n) is 7.90. The van der Waals surface area contributed by atoms with Gasteiger partial charge in [0.15, 0.2) is 0 Å². The van der Waals surface area contributed by atoms with E-state index in [1.165, 1.54) is 0 Å². The molecule has 0 spiro atoms. The molecular formula is C18H18N4O2. The lowest BCUT2D eigenvalue weighted by Gasteiger charge is -2.06. The highest BCUT2D eigenvalue weighted by Crippen LogP contribution is 2.14. The van der Waals surface area contributed by atoms with Crippen LogP contribution in [0.5, 0.6) is 0 Å².